The SMILES string of the molecule is CSCCn1nc(C)c(C=O)c1C. The molecule has 1 heterocycles. The van der Waals surface area contributed by atoms with Crippen LogP contribution in [0.25, 0.3) is 0 Å². The fourth-order valence-electron chi connectivity index (χ4n) is 1.28. The van der Waals surface area contributed by atoms with E-state index in [1.807, 2.05) is 18.5 Å². The molecule has 13 heavy (non-hydrogen) atoms. The van der Waals surface area contributed by atoms with Crippen LogP contribution in [0.1, 0.15) is 21.7 Å². The van der Waals surface area contributed by atoms with E-state index in [2.05, 4.69) is 11.4 Å². The molecule has 0 aliphatic carbocycles. The molecule has 1 aromatic rings. The Morgan fingerprint density at radius 3 is 2.69 bits per heavy atom. The maximum Gasteiger partial charge on any atom is 0.153 e. The second kappa shape index (κ2) is 4.46. The Morgan fingerprint density at radius 1 is 1.54 bits per heavy atom. The molecule has 0 fully saturated rings. The molecular formula is C9H14N2OS. The maximum atomic E-state index is 10.7. The molecule has 3 nitrogen and oxygen atoms in total. The van der Waals surface area contributed by atoms with E-state index in [4.69, 9.17) is 0 Å². The Hall–Kier alpha value is -0.770. The number of hydrogen-bond donors (Lipinski definition) is 0. The number of thioether (sulfide) groups is 1. The molecule has 0 aliphatic heterocycles. The molecule has 0 saturated carbocycles. The number of aldehydes is 1. The number of carbonyl (C=O) groups excluding carboxylic acids is 1. The van der Waals surface area contributed by atoms with Gasteiger partial charge in [0, 0.05) is 11.4 Å². The second-order valence-corrected chi connectivity index (χ2v) is 3.90. The molecule has 0 spiro atoms. The molecule has 0 unspecified atom stereocenters. The third kappa shape index (κ3) is 2.12. The smallest absolute Gasteiger partial charge is 0.153 e. The standard InChI is InChI=1S/C9H14N2OS/c1-7-9(6-12)8(2)11(10-7)4-5-13-3/h6H,4-5H2,1-3H3. The Bertz CT molecular complexity index is 307. The minimum Gasteiger partial charge on any atom is -0.298 e. The van der Waals surface area contributed by atoms with E-state index in [0.717, 1.165) is 35.5 Å². The average Bonchev–Trinajstić information content (AvgIpc) is 2.38. The molecule has 0 atom stereocenters. The van der Waals surface area contributed by atoms with Crippen LogP contribution in [0, 0.1) is 13.8 Å². The first-order chi connectivity index (χ1) is 6.20. The van der Waals surface area contributed by atoms with Crippen LogP contribution in [0.15, 0.2) is 0 Å². The predicted octanol–water partition coefficient (Wildman–Crippen LogP) is 1.68. The molecule has 1 aromatic heterocycles. The number of aryl methyl sites for hydroxylation is 2. The second-order valence-electron chi connectivity index (χ2n) is 2.92. The van der Waals surface area contributed by atoms with Crippen LogP contribution >= 0.6 is 11.8 Å². The Morgan fingerprint density at radius 2 is 2.23 bits per heavy atom. The van der Waals surface area contributed by atoms with Crippen molar-refractivity contribution >= 4 is 18.0 Å². The topological polar surface area (TPSA) is 34.9 Å². The van der Waals surface area contributed by atoms with Gasteiger partial charge in [0.1, 0.15) is 0 Å². The van der Waals surface area contributed by atoms with E-state index in [1.165, 1.54) is 0 Å². The number of carbonyl (C=O) groups is 1. The predicted molar refractivity (Wildman–Crippen MR) is 55.5 cm³/mol. The number of aromatic nitrogens is 2. The van der Waals surface area contributed by atoms with E-state index < -0.39 is 0 Å². The van der Waals surface area contributed by atoms with Gasteiger partial charge < -0.3 is 0 Å². The quantitative estimate of drug-likeness (QED) is 0.690. The van der Waals surface area contributed by atoms with Crippen molar-refractivity contribution in [1.29, 1.82) is 0 Å². The van der Waals surface area contributed by atoms with Gasteiger partial charge >= 0.3 is 0 Å². The largest absolute Gasteiger partial charge is 0.298 e. The summed E-state index contributed by atoms with van der Waals surface area (Å²) in [6.45, 7) is 4.68. The highest BCUT2D eigenvalue weighted by Crippen LogP contribution is 2.10. The van der Waals surface area contributed by atoms with Gasteiger partial charge in [0.05, 0.1) is 17.8 Å². The zero-order valence-electron chi connectivity index (χ0n) is 8.20. The third-order valence-electron chi connectivity index (χ3n) is 2.06. The van der Waals surface area contributed by atoms with Crippen molar-refractivity contribution in [1.82, 2.24) is 9.78 Å². The van der Waals surface area contributed by atoms with Crippen molar-refractivity contribution in [3.05, 3.63) is 17.0 Å². The van der Waals surface area contributed by atoms with Gasteiger partial charge in [0.15, 0.2) is 6.29 Å². The van der Waals surface area contributed by atoms with Crippen LogP contribution in [-0.4, -0.2) is 28.1 Å². The zero-order chi connectivity index (χ0) is 9.84. The van der Waals surface area contributed by atoms with Crippen molar-refractivity contribution in [2.24, 2.45) is 0 Å². The summed E-state index contributed by atoms with van der Waals surface area (Å²) in [5.41, 5.74) is 2.54. The van der Waals surface area contributed by atoms with Gasteiger partial charge in [-0.3, -0.25) is 9.48 Å². The van der Waals surface area contributed by atoms with Gasteiger partial charge in [-0.25, -0.2) is 0 Å². The molecule has 1 rings (SSSR count). The summed E-state index contributed by atoms with van der Waals surface area (Å²) >= 11 is 1.78. The molecule has 0 N–H and O–H groups in total. The summed E-state index contributed by atoms with van der Waals surface area (Å²) in [6.07, 6.45) is 2.94. The monoisotopic (exact) mass is 198 g/mol. The molecule has 0 saturated heterocycles. The zero-order valence-corrected chi connectivity index (χ0v) is 9.02. The summed E-state index contributed by atoms with van der Waals surface area (Å²) in [5.74, 6) is 1.03. The lowest BCUT2D eigenvalue weighted by Crippen LogP contribution is -2.04. The first-order valence-electron chi connectivity index (χ1n) is 4.18. The summed E-state index contributed by atoms with van der Waals surface area (Å²) in [7, 11) is 0. The van der Waals surface area contributed by atoms with Crippen LogP contribution in [0.4, 0.5) is 0 Å². The van der Waals surface area contributed by atoms with E-state index in [1.54, 1.807) is 11.8 Å². The number of nitrogens with zero attached hydrogens (tertiary/aromatic N) is 2. The van der Waals surface area contributed by atoms with Crippen LogP contribution in [-0.2, 0) is 6.54 Å². The van der Waals surface area contributed by atoms with Gasteiger partial charge in [-0.05, 0) is 20.1 Å². The van der Waals surface area contributed by atoms with E-state index in [9.17, 15) is 4.79 Å². The van der Waals surface area contributed by atoms with Gasteiger partial charge in [0.2, 0.25) is 0 Å². The van der Waals surface area contributed by atoms with Crippen LogP contribution in [0.5, 0.6) is 0 Å². The lowest BCUT2D eigenvalue weighted by atomic mass is 10.2. The van der Waals surface area contributed by atoms with Crippen LogP contribution in [0.3, 0.4) is 0 Å². The van der Waals surface area contributed by atoms with Crippen molar-refractivity contribution in [3.63, 3.8) is 0 Å². The van der Waals surface area contributed by atoms with Gasteiger partial charge in [-0.2, -0.15) is 16.9 Å². The van der Waals surface area contributed by atoms with Gasteiger partial charge in [0.25, 0.3) is 0 Å². The lowest BCUT2D eigenvalue weighted by molar-refractivity contribution is 0.112. The highest BCUT2D eigenvalue weighted by atomic mass is 32.2. The highest BCUT2D eigenvalue weighted by Gasteiger charge is 2.09. The van der Waals surface area contributed by atoms with Gasteiger partial charge in [-0.1, -0.05) is 0 Å². The normalized spacial score (nSPS) is 10.4. The average molecular weight is 198 g/mol. The van der Waals surface area contributed by atoms with Crippen molar-refractivity contribution in [2.45, 2.75) is 20.4 Å². The van der Waals surface area contributed by atoms with Crippen LogP contribution < -0.4 is 0 Å². The number of hydrogen-bond acceptors (Lipinski definition) is 3. The van der Waals surface area contributed by atoms with E-state index >= 15 is 0 Å². The fourth-order valence-corrected chi connectivity index (χ4v) is 1.63. The minimum atomic E-state index is 0.737. The molecule has 0 radical (unpaired) electrons. The Kier molecular flexibility index (Phi) is 3.54. The molecular weight excluding hydrogens is 184 g/mol. The highest BCUT2D eigenvalue weighted by molar-refractivity contribution is 7.98. The van der Waals surface area contributed by atoms with E-state index in [-0.39, 0.29) is 0 Å². The summed E-state index contributed by atoms with van der Waals surface area (Å²) < 4.78 is 1.90. The molecule has 72 valence electrons. The van der Waals surface area contributed by atoms with Crippen molar-refractivity contribution in [2.75, 3.05) is 12.0 Å². The molecule has 0 aliphatic rings. The molecule has 0 bridgehead atoms. The fraction of sp³-hybridized carbons (Fsp3) is 0.556. The summed E-state index contributed by atoms with van der Waals surface area (Å²) in [5, 5.41) is 4.29. The van der Waals surface area contributed by atoms with Crippen molar-refractivity contribution in [3.8, 4) is 0 Å². The van der Waals surface area contributed by atoms with Gasteiger partial charge in [-0.15, -0.1) is 0 Å². The lowest BCUT2D eigenvalue weighted by Gasteiger charge is -2.01. The summed E-state index contributed by atoms with van der Waals surface area (Å²) in [4.78, 5) is 10.7. The first kappa shape index (κ1) is 10.3. The molecule has 0 aromatic carbocycles. The maximum absolute atomic E-state index is 10.7. The first-order valence-corrected chi connectivity index (χ1v) is 5.58. The Balaban J connectivity index is 2.90. The number of rotatable bonds is 4. The molecule has 4 heteroatoms. The van der Waals surface area contributed by atoms with E-state index in [0.29, 0.717) is 0 Å². The molecule has 0 amide bonds. The third-order valence-corrected chi connectivity index (χ3v) is 2.65. The van der Waals surface area contributed by atoms with Crippen molar-refractivity contribution < 1.29 is 4.79 Å². The summed E-state index contributed by atoms with van der Waals surface area (Å²) in [6, 6.07) is 0. The Labute approximate surface area is 82.5 Å². The van der Waals surface area contributed by atoms with Crippen LogP contribution in [0.2, 0.25) is 0 Å². The minimum absolute atomic E-state index is 0.737.